The first-order chi connectivity index (χ1) is 21.0. The summed E-state index contributed by atoms with van der Waals surface area (Å²) in [6, 6.07) is 17.4. The van der Waals surface area contributed by atoms with Gasteiger partial charge in [-0.3, -0.25) is 9.78 Å². The first-order valence-corrected chi connectivity index (χ1v) is 14.5. The lowest BCUT2D eigenvalue weighted by atomic mass is 9.90. The molecule has 0 spiro atoms. The summed E-state index contributed by atoms with van der Waals surface area (Å²) >= 11 is 1.34. The third-order valence-corrected chi connectivity index (χ3v) is 7.27. The zero-order valence-electron chi connectivity index (χ0n) is 24.4. The number of hydrogen-bond acceptors (Lipinski definition) is 10. The summed E-state index contributed by atoms with van der Waals surface area (Å²) in [6.07, 6.45) is 2.63. The third kappa shape index (κ3) is 9.23. The van der Waals surface area contributed by atoms with Crippen molar-refractivity contribution in [2.45, 2.75) is 45.3 Å². The van der Waals surface area contributed by atoms with Crippen LogP contribution in [0.25, 0.3) is 10.1 Å². The van der Waals surface area contributed by atoms with Crippen LogP contribution in [0.4, 0.5) is 9.80 Å². The number of nitrogens with one attached hydrogen (secondary N) is 2. The minimum absolute atomic E-state index is 0.000886. The van der Waals surface area contributed by atoms with Gasteiger partial charge in [-0.2, -0.15) is 0 Å². The number of ether oxygens (including phenoxy) is 2. The number of carbonyl (C=O) groups is 3. The molecule has 2 amide bonds. The van der Waals surface area contributed by atoms with Gasteiger partial charge in [0.25, 0.3) is 5.09 Å². The maximum absolute atomic E-state index is 13.8. The molecule has 0 saturated carbocycles. The van der Waals surface area contributed by atoms with Crippen molar-refractivity contribution in [3.05, 3.63) is 105 Å². The van der Waals surface area contributed by atoms with Crippen LogP contribution in [0, 0.1) is 10.1 Å². The Labute approximate surface area is 257 Å². The number of pyridine rings is 1. The summed E-state index contributed by atoms with van der Waals surface area (Å²) in [5, 5.41) is 17.0. The molecule has 2 aromatic heterocycles. The molecule has 0 radical (unpaired) electrons. The topological polar surface area (TPSA) is 159 Å². The van der Waals surface area contributed by atoms with Crippen molar-refractivity contribution in [2.75, 3.05) is 18.5 Å². The number of nitrogens with zero attached hydrogens (tertiary/aromatic N) is 2. The van der Waals surface area contributed by atoms with Gasteiger partial charge in [-0.25, -0.2) is 9.59 Å². The number of esters is 1. The van der Waals surface area contributed by atoms with Crippen molar-refractivity contribution in [2.24, 2.45) is 0 Å². The predicted octanol–water partition coefficient (Wildman–Crippen LogP) is 5.65. The van der Waals surface area contributed by atoms with E-state index < -0.39 is 34.6 Å². The monoisotopic (exact) mass is 620 g/mol. The van der Waals surface area contributed by atoms with E-state index >= 15 is 0 Å². The molecule has 0 aliphatic rings. The average molecular weight is 621 g/mol. The molecule has 0 unspecified atom stereocenters. The molecule has 2 aromatic carbocycles. The van der Waals surface area contributed by atoms with Gasteiger partial charge in [0.2, 0.25) is 5.91 Å². The quantitative estimate of drug-likeness (QED) is 0.116. The molecule has 2 heterocycles. The van der Waals surface area contributed by atoms with E-state index in [1.54, 1.807) is 39.2 Å². The predicted molar refractivity (Wildman–Crippen MR) is 164 cm³/mol. The number of hydrogen-bond donors (Lipinski definition) is 2. The fourth-order valence-electron chi connectivity index (χ4n) is 4.32. The maximum atomic E-state index is 13.8. The summed E-state index contributed by atoms with van der Waals surface area (Å²) in [5.74, 6) is -2.02. The van der Waals surface area contributed by atoms with Crippen LogP contribution < -0.4 is 10.6 Å². The molecule has 44 heavy (non-hydrogen) atoms. The number of alkyl carbamates (subject to hydrolysis) is 1. The molecule has 0 fully saturated rings. The molecule has 0 aliphatic heterocycles. The Balaban J connectivity index is 1.63. The van der Waals surface area contributed by atoms with Crippen LogP contribution in [0.1, 0.15) is 53.7 Å². The summed E-state index contributed by atoms with van der Waals surface area (Å²) in [6.45, 7) is 4.73. The van der Waals surface area contributed by atoms with E-state index in [4.69, 9.17) is 9.47 Å². The van der Waals surface area contributed by atoms with Crippen LogP contribution in [0.2, 0.25) is 0 Å². The SMILES string of the molecule is CC(C)(C)OC(=O)NC[C@@H](C(=O)Nc1cc2ccncc2s1)c1ccc(C(=O)OCc2ccccc2)cc1CCO[N+](=O)[O-]. The van der Waals surface area contributed by atoms with Gasteiger partial charge in [-0.05, 0) is 73.5 Å². The second-order valence-electron chi connectivity index (χ2n) is 10.7. The van der Waals surface area contributed by atoms with Crippen LogP contribution in [0.15, 0.2) is 73.1 Å². The molecule has 1 atom stereocenters. The highest BCUT2D eigenvalue weighted by atomic mass is 32.1. The minimum Gasteiger partial charge on any atom is -0.457 e. The van der Waals surface area contributed by atoms with Gasteiger partial charge in [-0.1, -0.05) is 36.4 Å². The summed E-state index contributed by atoms with van der Waals surface area (Å²) in [4.78, 5) is 58.7. The van der Waals surface area contributed by atoms with Crippen molar-refractivity contribution in [1.29, 1.82) is 0 Å². The van der Waals surface area contributed by atoms with Crippen LogP contribution in [-0.2, 0) is 32.1 Å². The summed E-state index contributed by atoms with van der Waals surface area (Å²) in [7, 11) is 0. The van der Waals surface area contributed by atoms with E-state index in [0.29, 0.717) is 16.1 Å². The fraction of sp³-hybridized carbons (Fsp3) is 0.290. The van der Waals surface area contributed by atoms with Gasteiger partial charge in [0, 0.05) is 18.9 Å². The lowest BCUT2D eigenvalue weighted by molar-refractivity contribution is -0.757. The number of amides is 2. The Bertz CT molecular complexity index is 1600. The van der Waals surface area contributed by atoms with Crippen molar-refractivity contribution in [1.82, 2.24) is 10.3 Å². The average Bonchev–Trinajstić information content (AvgIpc) is 3.38. The molecule has 0 aliphatic carbocycles. The zero-order valence-corrected chi connectivity index (χ0v) is 25.2. The Morgan fingerprint density at radius 3 is 2.55 bits per heavy atom. The van der Waals surface area contributed by atoms with Crippen molar-refractivity contribution >= 4 is 44.4 Å². The van der Waals surface area contributed by atoms with E-state index in [1.165, 1.54) is 23.5 Å². The molecule has 0 bridgehead atoms. The second-order valence-corrected chi connectivity index (χ2v) is 11.8. The number of carbonyl (C=O) groups excluding carboxylic acids is 3. The van der Waals surface area contributed by atoms with Gasteiger partial charge in [0.05, 0.1) is 21.2 Å². The van der Waals surface area contributed by atoms with Crippen molar-refractivity contribution < 1.29 is 33.8 Å². The van der Waals surface area contributed by atoms with Crippen LogP contribution in [0.3, 0.4) is 0 Å². The Morgan fingerprint density at radius 2 is 1.84 bits per heavy atom. The summed E-state index contributed by atoms with van der Waals surface area (Å²) < 4.78 is 11.7. The molecule has 13 heteroatoms. The largest absolute Gasteiger partial charge is 0.457 e. The molecule has 0 saturated heterocycles. The van der Waals surface area contributed by atoms with E-state index in [-0.39, 0.29) is 31.7 Å². The van der Waals surface area contributed by atoms with Crippen molar-refractivity contribution in [3.8, 4) is 0 Å². The summed E-state index contributed by atoms with van der Waals surface area (Å²) in [5.41, 5.74) is 1.11. The Hall–Kier alpha value is -5.04. The first-order valence-electron chi connectivity index (χ1n) is 13.7. The molecule has 2 N–H and O–H groups in total. The number of anilines is 1. The van der Waals surface area contributed by atoms with Gasteiger partial charge in [0.15, 0.2) is 0 Å². The normalized spacial score (nSPS) is 11.8. The lowest BCUT2D eigenvalue weighted by Crippen LogP contribution is -2.38. The van der Waals surface area contributed by atoms with Gasteiger partial charge in [0.1, 0.15) is 18.8 Å². The maximum Gasteiger partial charge on any atom is 0.407 e. The second kappa shape index (κ2) is 14.4. The van der Waals surface area contributed by atoms with Crippen LogP contribution in [0.5, 0.6) is 0 Å². The van der Waals surface area contributed by atoms with E-state index in [1.807, 2.05) is 42.5 Å². The highest BCUT2D eigenvalue weighted by Crippen LogP contribution is 2.31. The van der Waals surface area contributed by atoms with Gasteiger partial charge < -0.3 is 24.9 Å². The van der Waals surface area contributed by atoms with Gasteiger partial charge >= 0.3 is 12.1 Å². The smallest absolute Gasteiger partial charge is 0.407 e. The molecular formula is C31H32N4O8S. The van der Waals surface area contributed by atoms with Crippen molar-refractivity contribution in [3.63, 3.8) is 0 Å². The Morgan fingerprint density at radius 1 is 1.07 bits per heavy atom. The van der Waals surface area contributed by atoms with E-state index in [9.17, 15) is 24.5 Å². The lowest BCUT2D eigenvalue weighted by Gasteiger charge is -2.23. The number of rotatable bonds is 12. The molecule has 4 aromatic rings. The standard InChI is InChI=1S/C31H32N4O8S/c1-31(2,3)43-30(38)33-17-25(28(36)34-27-16-22-11-13-32-18-26(22)44-27)24-10-9-23(15-21(24)12-14-42-35(39)40)29(37)41-19-20-7-5-4-6-8-20/h4-11,13,15-16,18,25H,12,14,17,19H2,1-3H3,(H,33,38)(H,34,36)/t25-/m1/s1. The molecule has 230 valence electrons. The Kier molecular flexibility index (Phi) is 10.5. The van der Waals surface area contributed by atoms with E-state index in [2.05, 4.69) is 20.5 Å². The molecule has 12 nitrogen and oxygen atoms in total. The number of fused-ring (bicyclic) bond motifs is 1. The van der Waals surface area contributed by atoms with Gasteiger partial charge in [-0.15, -0.1) is 21.5 Å². The number of thiophene rings is 1. The first kappa shape index (κ1) is 31.9. The molecule has 4 rings (SSSR count). The highest BCUT2D eigenvalue weighted by molar-refractivity contribution is 7.22. The fourth-order valence-corrected chi connectivity index (χ4v) is 5.26. The minimum atomic E-state index is -0.967. The highest BCUT2D eigenvalue weighted by Gasteiger charge is 2.27. The molecular weight excluding hydrogens is 588 g/mol. The third-order valence-electron chi connectivity index (χ3n) is 6.27. The number of aromatic nitrogens is 1. The number of benzene rings is 2. The van der Waals surface area contributed by atoms with Crippen LogP contribution >= 0.6 is 11.3 Å². The van der Waals surface area contributed by atoms with E-state index in [0.717, 1.165) is 15.6 Å². The zero-order chi connectivity index (χ0) is 31.7. The van der Waals surface area contributed by atoms with Crippen LogP contribution in [-0.4, -0.2) is 46.8 Å².